The quantitative estimate of drug-likeness (QED) is 0.288. The van der Waals surface area contributed by atoms with Gasteiger partial charge in [0.05, 0.1) is 6.61 Å². The normalized spacial score (nSPS) is 26.4. The zero-order valence-electron chi connectivity index (χ0n) is 20.1. The smallest absolute Gasteiger partial charge is 0.119 e. The summed E-state index contributed by atoms with van der Waals surface area (Å²) in [7, 11) is 0. The molecule has 0 radical (unpaired) electrons. The van der Waals surface area contributed by atoms with Crippen LogP contribution in [0.15, 0.2) is 36.4 Å². The number of hydrogen-bond donors (Lipinski definition) is 0. The van der Waals surface area contributed by atoms with Crippen LogP contribution in [0.1, 0.15) is 96.5 Å². The fraction of sp³-hybridized carbons (Fsp3) is 0.667. The first kappa shape index (κ1) is 24.0. The van der Waals surface area contributed by atoms with E-state index in [1.54, 1.807) is 0 Å². The van der Waals surface area contributed by atoms with E-state index in [0.717, 1.165) is 30.6 Å². The van der Waals surface area contributed by atoms with Gasteiger partial charge in [-0.25, -0.2) is 0 Å². The van der Waals surface area contributed by atoms with Crippen LogP contribution in [-0.2, 0) is 6.42 Å². The highest BCUT2D eigenvalue weighted by Gasteiger charge is 2.21. The first-order valence-corrected chi connectivity index (χ1v) is 13.2. The second-order valence-corrected chi connectivity index (χ2v) is 9.95. The van der Waals surface area contributed by atoms with Gasteiger partial charge in [-0.2, -0.15) is 0 Å². The zero-order valence-corrected chi connectivity index (χ0v) is 20.1. The molecule has 1 nitrogen and oxygen atoms in total. The Morgan fingerprint density at radius 2 is 1.58 bits per heavy atom. The molecular weight excluding hydrogens is 376 g/mol. The summed E-state index contributed by atoms with van der Waals surface area (Å²) in [6.45, 7) is 5.34. The Morgan fingerprint density at radius 1 is 0.871 bits per heavy atom. The molecule has 3 rings (SSSR count). The molecular formula is C30H44O. The van der Waals surface area contributed by atoms with Crippen LogP contribution in [-0.4, -0.2) is 6.61 Å². The minimum Gasteiger partial charge on any atom is -0.493 e. The van der Waals surface area contributed by atoms with E-state index in [0.29, 0.717) is 11.8 Å². The Balaban J connectivity index is 1.29. The minimum absolute atomic E-state index is 0.582. The van der Waals surface area contributed by atoms with Crippen LogP contribution >= 0.6 is 0 Å². The Kier molecular flexibility index (Phi) is 10.6. The molecule has 0 aliphatic heterocycles. The van der Waals surface area contributed by atoms with Gasteiger partial charge >= 0.3 is 0 Å². The molecule has 1 heteroatoms. The predicted molar refractivity (Wildman–Crippen MR) is 133 cm³/mol. The average molecular weight is 421 g/mol. The molecule has 2 fully saturated rings. The number of ether oxygens (including phenoxy) is 1. The summed E-state index contributed by atoms with van der Waals surface area (Å²) in [6.07, 6.45) is 21.9. The summed E-state index contributed by atoms with van der Waals surface area (Å²) < 4.78 is 6.03. The van der Waals surface area contributed by atoms with Crippen LogP contribution in [0.4, 0.5) is 0 Å². The van der Waals surface area contributed by atoms with E-state index in [2.05, 4.69) is 62.1 Å². The van der Waals surface area contributed by atoms with Gasteiger partial charge in [0.25, 0.3) is 0 Å². The zero-order chi connectivity index (χ0) is 21.7. The summed E-state index contributed by atoms with van der Waals surface area (Å²) in [5, 5.41) is 0. The minimum atomic E-state index is 0.582. The van der Waals surface area contributed by atoms with Crippen LogP contribution < -0.4 is 4.74 Å². The van der Waals surface area contributed by atoms with E-state index < -0.39 is 0 Å². The van der Waals surface area contributed by atoms with Gasteiger partial charge in [0, 0.05) is 5.92 Å². The predicted octanol–water partition coefficient (Wildman–Crippen LogP) is 8.38. The SMILES string of the molecule is CCCCC[C@H]1CC[C@H](/C=C/C#C[C@H]2CC[C@H](COc3ccc(CC)cc3)CC2)CC1. The van der Waals surface area contributed by atoms with Gasteiger partial charge in [-0.3, -0.25) is 0 Å². The fourth-order valence-electron chi connectivity index (χ4n) is 5.21. The molecule has 0 bridgehead atoms. The molecule has 0 atom stereocenters. The molecule has 0 spiro atoms. The molecule has 0 aromatic heterocycles. The Labute approximate surface area is 192 Å². The van der Waals surface area contributed by atoms with Crippen molar-refractivity contribution in [1.82, 2.24) is 0 Å². The van der Waals surface area contributed by atoms with Crippen molar-refractivity contribution in [2.45, 2.75) is 97.3 Å². The largest absolute Gasteiger partial charge is 0.493 e. The first-order valence-electron chi connectivity index (χ1n) is 13.2. The molecule has 1 aromatic rings. The van der Waals surface area contributed by atoms with Gasteiger partial charge in [0.15, 0.2) is 0 Å². The molecule has 31 heavy (non-hydrogen) atoms. The maximum Gasteiger partial charge on any atom is 0.119 e. The highest BCUT2D eigenvalue weighted by molar-refractivity contribution is 5.27. The van der Waals surface area contributed by atoms with Crippen molar-refractivity contribution in [2.75, 3.05) is 6.61 Å². The number of unbranched alkanes of at least 4 members (excludes halogenated alkanes) is 2. The lowest BCUT2D eigenvalue weighted by Gasteiger charge is -2.26. The van der Waals surface area contributed by atoms with Crippen molar-refractivity contribution < 1.29 is 4.74 Å². The van der Waals surface area contributed by atoms with Gasteiger partial charge in [0.1, 0.15) is 5.75 Å². The third-order valence-corrected chi connectivity index (χ3v) is 7.51. The maximum absolute atomic E-state index is 6.03. The van der Waals surface area contributed by atoms with Crippen molar-refractivity contribution in [3.63, 3.8) is 0 Å². The van der Waals surface area contributed by atoms with Crippen molar-refractivity contribution in [1.29, 1.82) is 0 Å². The van der Waals surface area contributed by atoms with Crippen LogP contribution in [0.5, 0.6) is 5.75 Å². The molecule has 170 valence electrons. The van der Waals surface area contributed by atoms with Crippen LogP contribution in [0.2, 0.25) is 0 Å². The van der Waals surface area contributed by atoms with Crippen molar-refractivity contribution in [3.8, 4) is 17.6 Å². The molecule has 2 aliphatic carbocycles. The molecule has 2 saturated carbocycles. The number of allylic oxidation sites excluding steroid dienone is 2. The highest BCUT2D eigenvalue weighted by Crippen LogP contribution is 2.33. The maximum atomic E-state index is 6.03. The van der Waals surface area contributed by atoms with Gasteiger partial charge < -0.3 is 4.74 Å². The second kappa shape index (κ2) is 13.7. The first-order chi connectivity index (χ1) is 15.3. The lowest BCUT2D eigenvalue weighted by Crippen LogP contribution is -2.19. The van der Waals surface area contributed by atoms with Gasteiger partial charge in [0.2, 0.25) is 0 Å². The van der Waals surface area contributed by atoms with Crippen LogP contribution in [0.25, 0.3) is 0 Å². The topological polar surface area (TPSA) is 9.23 Å². The van der Waals surface area contributed by atoms with Crippen molar-refractivity contribution >= 4 is 0 Å². The van der Waals surface area contributed by atoms with Crippen molar-refractivity contribution in [3.05, 3.63) is 42.0 Å². The van der Waals surface area contributed by atoms with E-state index >= 15 is 0 Å². The fourth-order valence-corrected chi connectivity index (χ4v) is 5.21. The standard InChI is InChI=1S/C30H44O/c1-3-5-6-9-26-12-14-27(15-13-26)10-7-8-11-28-16-18-29(19-17-28)24-31-30-22-20-25(4-2)21-23-30/h7,10,20-23,26-29H,3-6,9,12-19,24H2,1-2H3/b10-7+/t26-,27-,28-,29-. The van der Waals surface area contributed by atoms with Gasteiger partial charge in [-0.05, 0) is 99.3 Å². The van der Waals surface area contributed by atoms with E-state index in [9.17, 15) is 0 Å². The van der Waals surface area contributed by atoms with Crippen LogP contribution in [0.3, 0.4) is 0 Å². The molecule has 0 saturated heterocycles. The van der Waals surface area contributed by atoms with Crippen LogP contribution in [0, 0.1) is 35.5 Å². The lowest BCUT2D eigenvalue weighted by molar-refractivity contribution is 0.196. The number of aryl methyl sites for hydroxylation is 1. The number of rotatable bonds is 9. The molecule has 2 aliphatic rings. The van der Waals surface area contributed by atoms with E-state index in [1.165, 1.54) is 82.6 Å². The van der Waals surface area contributed by atoms with Gasteiger partial charge in [-0.15, -0.1) is 0 Å². The number of hydrogen-bond acceptors (Lipinski definition) is 1. The van der Waals surface area contributed by atoms with E-state index in [4.69, 9.17) is 4.74 Å². The summed E-state index contributed by atoms with van der Waals surface area (Å²) in [5.41, 5.74) is 1.37. The molecule has 0 unspecified atom stereocenters. The Morgan fingerprint density at radius 3 is 2.26 bits per heavy atom. The summed E-state index contributed by atoms with van der Waals surface area (Å²) in [5.74, 6) is 11.0. The second-order valence-electron chi connectivity index (χ2n) is 9.95. The summed E-state index contributed by atoms with van der Waals surface area (Å²) >= 11 is 0. The molecule has 0 amide bonds. The molecule has 0 N–H and O–H groups in total. The summed E-state index contributed by atoms with van der Waals surface area (Å²) in [4.78, 5) is 0. The molecule has 1 aromatic carbocycles. The van der Waals surface area contributed by atoms with Gasteiger partial charge in [-0.1, -0.05) is 69.6 Å². The van der Waals surface area contributed by atoms with E-state index in [1.807, 2.05) is 0 Å². The van der Waals surface area contributed by atoms with Crippen molar-refractivity contribution in [2.24, 2.45) is 23.7 Å². The summed E-state index contributed by atoms with van der Waals surface area (Å²) in [6, 6.07) is 8.58. The lowest BCUT2D eigenvalue weighted by atomic mass is 9.79. The monoisotopic (exact) mass is 420 g/mol. The third kappa shape index (κ3) is 8.76. The molecule has 0 heterocycles. The Hall–Kier alpha value is -1.68. The average Bonchev–Trinajstić information content (AvgIpc) is 2.82. The highest BCUT2D eigenvalue weighted by atomic mass is 16.5. The Bertz CT molecular complexity index is 688. The van der Waals surface area contributed by atoms with E-state index in [-0.39, 0.29) is 0 Å². The third-order valence-electron chi connectivity index (χ3n) is 7.51. The number of benzene rings is 1.